The van der Waals surface area contributed by atoms with Crippen LogP contribution in [0.1, 0.15) is 25.7 Å². The lowest BCUT2D eigenvalue weighted by Gasteiger charge is -2.37. The van der Waals surface area contributed by atoms with Crippen molar-refractivity contribution >= 4 is 37.8 Å². The second-order valence-corrected chi connectivity index (χ2v) is 5.73. The van der Waals surface area contributed by atoms with Crippen LogP contribution in [-0.4, -0.2) is 27.9 Å². The molecule has 88 valence electrons. The minimum Gasteiger partial charge on any atom is -0.338 e. The molecule has 0 spiro atoms. The van der Waals surface area contributed by atoms with Crippen molar-refractivity contribution in [2.75, 3.05) is 16.8 Å². The third-order valence-electron chi connectivity index (χ3n) is 2.91. The zero-order valence-corrected chi connectivity index (χ0v) is 12.2. The molecule has 0 radical (unpaired) electrons. The van der Waals surface area contributed by atoms with Crippen molar-refractivity contribution in [1.29, 1.82) is 0 Å². The van der Waals surface area contributed by atoms with Gasteiger partial charge in [-0.25, -0.2) is 9.97 Å². The number of nitrogens with zero attached hydrogens (tertiary/aromatic N) is 3. The highest BCUT2D eigenvalue weighted by Crippen LogP contribution is 2.27. The first-order valence-corrected chi connectivity index (χ1v) is 7.53. The molecule has 1 fully saturated rings. The van der Waals surface area contributed by atoms with E-state index in [4.69, 9.17) is 0 Å². The summed E-state index contributed by atoms with van der Waals surface area (Å²) in [5.74, 6) is 0.869. The normalized spacial score (nSPS) is 15.9. The van der Waals surface area contributed by atoms with Gasteiger partial charge >= 0.3 is 0 Å². The summed E-state index contributed by atoms with van der Waals surface area (Å²) in [6, 6.07) is 0.653. The lowest BCUT2D eigenvalue weighted by Crippen LogP contribution is -2.42. The molecule has 0 unspecified atom stereocenters. The van der Waals surface area contributed by atoms with Gasteiger partial charge in [-0.15, -0.1) is 0 Å². The van der Waals surface area contributed by atoms with Crippen molar-refractivity contribution in [1.82, 2.24) is 9.97 Å². The average molecular weight is 349 g/mol. The van der Waals surface area contributed by atoms with Crippen LogP contribution in [0.25, 0.3) is 0 Å². The molecule has 0 amide bonds. The van der Waals surface area contributed by atoms with E-state index in [9.17, 15) is 0 Å². The third kappa shape index (κ3) is 2.94. The van der Waals surface area contributed by atoms with Crippen molar-refractivity contribution in [2.45, 2.75) is 31.7 Å². The van der Waals surface area contributed by atoms with Gasteiger partial charge in [0.1, 0.15) is 0 Å². The highest BCUT2D eigenvalue weighted by molar-refractivity contribution is 9.10. The van der Waals surface area contributed by atoms with Crippen LogP contribution in [0.4, 0.5) is 5.95 Å². The molecule has 1 aromatic heterocycles. The number of anilines is 1. The van der Waals surface area contributed by atoms with Gasteiger partial charge in [-0.2, -0.15) is 0 Å². The molecule has 0 aliphatic heterocycles. The van der Waals surface area contributed by atoms with E-state index in [2.05, 4.69) is 46.7 Å². The van der Waals surface area contributed by atoms with Gasteiger partial charge in [-0.1, -0.05) is 15.9 Å². The minimum absolute atomic E-state index is 0.653. The Morgan fingerprint density at radius 1 is 1.31 bits per heavy atom. The maximum absolute atomic E-state index is 4.39. The van der Waals surface area contributed by atoms with E-state index in [1.807, 2.05) is 12.4 Å². The second kappa shape index (κ2) is 5.96. The summed E-state index contributed by atoms with van der Waals surface area (Å²) >= 11 is 6.84. The Kier molecular flexibility index (Phi) is 4.58. The predicted octanol–water partition coefficient (Wildman–Crippen LogP) is 3.38. The first-order valence-electron chi connectivity index (χ1n) is 5.61. The van der Waals surface area contributed by atoms with Crippen LogP contribution >= 0.6 is 31.9 Å². The Hall–Kier alpha value is -0.160. The SMILES string of the molecule is BrCCCN(c1ncc(Br)cn1)C1CCC1. The lowest BCUT2D eigenvalue weighted by atomic mass is 9.91. The lowest BCUT2D eigenvalue weighted by molar-refractivity contribution is 0.381. The Morgan fingerprint density at radius 2 is 2.00 bits per heavy atom. The van der Waals surface area contributed by atoms with Crippen LogP contribution in [0.15, 0.2) is 16.9 Å². The van der Waals surface area contributed by atoms with E-state index in [0.29, 0.717) is 6.04 Å². The smallest absolute Gasteiger partial charge is 0.225 e. The van der Waals surface area contributed by atoms with Crippen molar-refractivity contribution in [2.24, 2.45) is 0 Å². The van der Waals surface area contributed by atoms with E-state index < -0.39 is 0 Å². The third-order valence-corrected chi connectivity index (χ3v) is 3.88. The van der Waals surface area contributed by atoms with Gasteiger partial charge < -0.3 is 4.90 Å². The van der Waals surface area contributed by atoms with Crippen LogP contribution in [0.5, 0.6) is 0 Å². The quantitative estimate of drug-likeness (QED) is 0.764. The molecule has 1 aliphatic rings. The van der Waals surface area contributed by atoms with Crippen molar-refractivity contribution < 1.29 is 0 Å². The van der Waals surface area contributed by atoms with E-state index >= 15 is 0 Å². The van der Waals surface area contributed by atoms with Crippen molar-refractivity contribution in [3.8, 4) is 0 Å². The Labute approximate surface area is 113 Å². The molecule has 5 heteroatoms. The molecule has 1 aliphatic carbocycles. The standard InChI is InChI=1S/C11H15Br2N3/c12-5-2-6-16(10-3-1-4-10)11-14-7-9(13)8-15-11/h7-8,10H,1-6H2. The molecule has 1 saturated carbocycles. The van der Waals surface area contributed by atoms with Gasteiger partial charge in [0.25, 0.3) is 0 Å². The summed E-state index contributed by atoms with van der Waals surface area (Å²) in [5.41, 5.74) is 0. The van der Waals surface area contributed by atoms with Crippen LogP contribution < -0.4 is 4.90 Å². The molecule has 2 rings (SSSR count). The fourth-order valence-corrected chi connectivity index (χ4v) is 2.28. The van der Waals surface area contributed by atoms with Crippen LogP contribution in [-0.2, 0) is 0 Å². The molecule has 0 saturated heterocycles. The number of alkyl halides is 1. The molecule has 16 heavy (non-hydrogen) atoms. The molecule has 0 aromatic carbocycles. The molecule has 0 atom stereocenters. The average Bonchev–Trinajstić information content (AvgIpc) is 2.23. The highest BCUT2D eigenvalue weighted by Gasteiger charge is 2.26. The second-order valence-electron chi connectivity index (χ2n) is 4.02. The summed E-state index contributed by atoms with van der Waals surface area (Å²) in [5, 5.41) is 1.03. The number of aromatic nitrogens is 2. The van der Waals surface area contributed by atoms with Crippen molar-refractivity contribution in [3.63, 3.8) is 0 Å². The summed E-state index contributed by atoms with van der Waals surface area (Å²) in [7, 11) is 0. The first-order chi connectivity index (χ1) is 7.81. The fourth-order valence-electron chi connectivity index (χ4n) is 1.83. The summed E-state index contributed by atoms with van der Waals surface area (Å²) in [6.07, 6.45) is 8.68. The molecule has 3 nitrogen and oxygen atoms in total. The zero-order chi connectivity index (χ0) is 11.4. The van der Waals surface area contributed by atoms with Crippen molar-refractivity contribution in [3.05, 3.63) is 16.9 Å². The monoisotopic (exact) mass is 347 g/mol. The maximum Gasteiger partial charge on any atom is 0.225 e. The largest absolute Gasteiger partial charge is 0.338 e. The number of hydrogen-bond donors (Lipinski definition) is 0. The van der Waals surface area contributed by atoms with E-state index in [0.717, 1.165) is 28.7 Å². The zero-order valence-electron chi connectivity index (χ0n) is 9.07. The topological polar surface area (TPSA) is 29.0 Å². The van der Waals surface area contributed by atoms with E-state index in [1.54, 1.807) is 0 Å². The fraction of sp³-hybridized carbons (Fsp3) is 0.636. The molecule has 1 aromatic rings. The number of hydrogen-bond acceptors (Lipinski definition) is 3. The van der Waals surface area contributed by atoms with Gasteiger partial charge in [0.2, 0.25) is 5.95 Å². The molecular formula is C11H15Br2N3. The molecule has 0 bridgehead atoms. The highest BCUT2D eigenvalue weighted by atomic mass is 79.9. The molecule has 1 heterocycles. The Morgan fingerprint density at radius 3 is 2.50 bits per heavy atom. The summed E-state index contributed by atoms with van der Waals surface area (Å²) in [4.78, 5) is 11.1. The summed E-state index contributed by atoms with van der Waals surface area (Å²) in [6.45, 7) is 1.04. The maximum atomic E-state index is 4.39. The van der Waals surface area contributed by atoms with Gasteiger partial charge in [0.15, 0.2) is 0 Å². The molecule has 0 N–H and O–H groups in total. The van der Waals surface area contributed by atoms with Crippen LogP contribution in [0.3, 0.4) is 0 Å². The van der Waals surface area contributed by atoms with Gasteiger partial charge in [-0.3, -0.25) is 0 Å². The first kappa shape index (κ1) is 12.3. The van der Waals surface area contributed by atoms with Crippen LogP contribution in [0.2, 0.25) is 0 Å². The number of rotatable bonds is 5. The minimum atomic E-state index is 0.653. The van der Waals surface area contributed by atoms with E-state index in [-0.39, 0.29) is 0 Å². The van der Waals surface area contributed by atoms with Gasteiger partial charge in [0, 0.05) is 30.3 Å². The van der Waals surface area contributed by atoms with Gasteiger partial charge in [0.05, 0.1) is 4.47 Å². The molecular weight excluding hydrogens is 334 g/mol. The van der Waals surface area contributed by atoms with E-state index in [1.165, 1.54) is 19.3 Å². The predicted molar refractivity (Wildman–Crippen MR) is 73.1 cm³/mol. The van der Waals surface area contributed by atoms with Gasteiger partial charge in [-0.05, 0) is 41.6 Å². The Bertz CT molecular complexity index is 325. The Balaban J connectivity index is 2.07. The van der Waals surface area contributed by atoms with Crippen LogP contribution in [0, 0.1) is 0 Å². The summed E-state index contributed by atoms with van der Waals surface area (Å²) < 4.78 is 0.935. The number of halogens is 2.